The third-order valence-corrected chi connectivity index (χ3v) is 3.65. The second kappa shape index (κ2) is 6.89. The van der Waals surface area contributed by atoms with E-state index in [9.17, 15) is 4.79 Å². The minimum Gasteiger partial charge on any atom is -0.353 e. The molecule has 1 unspecified atom stereocenters. The Morgan fingerprint density at radius 2 is 2.00 bits per heavy atom. The molecule has 3 nitrogen and oxygen atoms in total. The van der Waals surface area contributed by atoms with Crippen molar-refractivity contribution in [2.24, 2.45) is 17.6 Å². The highest BCUT2D eigenvalue weighted by molar-refractivity contribution is 5.76. The van der Waals surface area contributed by atoms with Crippen LogP contribution in [-0.4, -0.2) is 18.5 Å². The molecule has 3 N–H and O–H groups in total. The summed E-state index contributed by atoms with van der Waals surface area (Å²) in [6, 6.07) is 0.428. The van der Waals surface area contributed by atoms with Gasteiger partial charge in [0.15, 0.2) is 0 Å². The van der Waals surface area contributed by atoms with Gasteiger partial charge < -0.3 is 11.1 Å². The molecule has 0 aromatic carbocycles. The molecule has 16 heavy (non-hydrogen) atoms. The number of amides is 1. The fourth-order valence-corrected chi connectivity index (χ4v) is 2.20. The number of carbonyl (C=O) groups excluding carboxylic acids is 1. The van der Waals surface area contributed by atoms with Crippen molar-refractivity contribution in [3.63, 3.8) is 0 Å². The smallest absolute Gasteiger partial charge is 0.220 e. The van der Waals surface area contributed by atoms with Crippen LogP contribution >= 0.6 is 0 Å². The number of rotatable bonds is 5. The van der Waals surface area contributed by atoms with Gasteiger partial charge in [-0.1, -0.05) is 13.8 Å². The summed E-state index contributed by atoms with van der Waals surface area (Å²) in [6.07, 6.45) is 6.35. The highest BCUT2D eigenvalue weighted by Crippen LogP contribution is 2.23. The van der Waals surface area contributed by atoms with Gasteiger partial charge in [-0.25, -0.2) is 0 Å². The summed E-state index contributed by atoms with van der Waals surface area (Å²) in [4.78, 5) is 11.7. The zero-order valence-electron chi connectivity index (χ0n) is 10.7. The van der Waals surface area contributed by atoms with E-state index in [0.29, 0.717) is 24.9 Å². The molecule has 0 radical (unpaired) electrons. The summed E-state index contributed by atoms with van der Waals surface area (Å²) in [5.74, 6) is 1.50. The lowest BCUT2D eigenvalue weighted by atomic mass is 9.87. The molecule has 0 bridgehead atoms. The van der Waals surface area contributed by atoms with Gasteiger partial charge in [0.1, 0.15) is 0 Å². The van der Waals surface area contributed by atoms with Crippen molar-refractivity contribution < 1.29 is 4.79 Å². The molecular weight excluding hydrogens is 200 g/mol. The number of hydrogen-bond donors (Lipinski definition) is 2. The maximum Gasteiger partial charge on any atom is 0.220 e. The summed E-state index contributed by atoms with van der Waals surface area (Å²) in [5, 5.41) is 3.14. The van der Waals surface area contributed by atoms with Gasteiger partial charge in [0.2, 0.25) is 5.91 Å². The Labute approximate surface area is 99.2 Å². The molecule has 1 aliphatic carbocycles. The van der Waals surface area contributed by atoms with Crippen LogP contribution < -0.4 is 11.1 Å². The van der Waals surface area contributed by atoms with Crippen LogP contribution in [0.5, 0.6) is 0 Å². The molecule has 0 aromatic rings. The van der Waals surface area contributed by atoms with E-state index in [1.807, 2.05) is 0 Å². The first-order chi connectivity index (χ1) is 7.61. The van der Waals surface area contributed by atoms with Gasteiger partial charge in [0.05, 0.1) is 0 Å². The Bertz CT molecular complexity index is 210. The highest BCUT2D eigenvalue weighted by atomic mass is 16.1. The van der Waals surface area contributed by atoms with Crippen molar-refractivity contribution in [3.8, 4) is 0 Å². The fourth-order valence-electron chi connectivity index (χ4n) is 2.20. The number of hydrogen-bond acceptors (Lipinski definition) is 2. The topological polar surface area (TPSA) is 55.1 Å². The van der Waals surface area contributed by atoms with Crippen LogP contribution in [0.4, 0.5) is 0 Å². The van der Waals surface area contributed by atoms with E-state index in [1.165, 1.54) is 12.8 Å². The molecule has 1 amide bonds. The molecular formula is C13H26N2O. The Hall–Kier alpha value is -0.570. The molecule has 1 atom stereocenters. The van der Waals surface area contributed by atoms with Gasteiger partial charge >= 0.3 is 0 Å². The lowest BCUT2D eigenvalue weighted by molar-refractivity contribution is -0.122. The van der Waals surface area contributed by atoms with Gasteiger partial charge in [-0.15, -0.1) is 0 Å². The minimum atomic E-state index is 0.208. The van der Waals surface area contributed by atoms with Gasteiger partial charge in [-0.05, 0) is 50.5 Å². The minimum absolute atomic E-state index is 0.208. The lowest BCUT2D eigenvalue weighted by Crippen LogP contribution is -2.37. The van der Waals surface area contributed by atoms with E-state index in [0.717, 1.165) is 25.2 Å². The molecule has 0 saturated heterocycles. The summed E-state index contributed by atoms with van der Waals surface area (Å²) in [6.45, 7) is 5.06. The largest absolute Gasteiger partial charge is 0.353 e. The van der Waals surface area contributed by atoms with E-state index in [-0.39, 0.29) is 5.91 Å². The first-order valence-corrected chi connectivity index (χ1v) is 6.61. The van der Waals surface area contributed by atoms with Crippen molar-refractivity contribution in [2.45, 2.75) is 58.4 Å². The van der Waals surface area contributed by atoms with Crippen LogP contribution in [0.15, 0.2) is 0 Å². The predicted octanol–water partition coefficient (Wildman–Crippen LogP) is 2.06. The first kappa shape index (κ1) is 13.5. The van der Waals surface area contributed by atoms with Crippen molar-refractivity contribution in [3.05, 3.63) is 0 Å². The second-order valence-corrected chi connectivity index (χ2v) is 5.40. The Morgan fingerprint density at radius 1 is 1.38 bits per heavy atom. The third-order valence-electron chi connectivity index (χ3n) is 3.65. The van der Waals surface area contributed by atoms with E-state index in [1.54, 1.807) is 0 Å². The Kier molecular flexibility index (Phi) is 5.81. The molecule has 1 saturated carbocycles. The third kappa shape index (κ3) is 4.97. The molecule has 3 heteroatoms. The van der Waals surface area contributed by atoms with Gasteiger partial charge in [-0.3, -0.25) is 4.79 Å². The molecule has 1 rings (SSSR count). The van der Waals surface area contributed by atoms with E-state index >= 15 is 0 Å². The average molecular weight is 226 g/mol. The van der Waals surface area contributed by atoms with Crippen molar-refractivity contribution in [2.75, 3.05) is 6.54 Å². The number of nitrogens with two attached hydrogens (primary N) is 1. The summed E-state index contributed by atoms with van der Waals surface area (Å²) >= 11 is 0. The maximum atomic E-state index is 11.7. The van der Waals surface area contributed by atoms with Crippen LogP contribution in [-0.2, 0) is 4.79 Å². The van der Waals surface area contributed by atoms with Crippen molar-refractivity contribution in [1.29, 1.82) is 0 Å². The molecule has 1 fully saturated rings. The monoisotopic (exact) mass is 226 g/mol. The predicted molar refractivity (Wildman–Crippen MR) is 67.0 cm³/mol. The average Bonchev–Trinajstić information content (AvgIpc) is 2.29. The number of carbonyl (C=O) groups is 1. The normalized spacial score (nSPS) is 27.4. The van der Waals surface area contributed by atoms with Gasteiger partial charge in [-0.2, -0.15) is 0 Å². The fraction of sp³-hybridized carbons (Fsp3) is 0.923. The van der Waals surface area contributed by atoms with Crippen LogP contribution in [0.1, 0.15) is 52.4 Å². The Morgan fingerprint density at radius 3 is 2.56 bits per heavy atom. The summed E-state index contributed by atoms with van der Waals surface area (Å²) in [5.41, 5.74) is 5.53. The zero-order chi connectivity index (χ0) is 12.0. The molecule has 0 aromatic heterocycles. The van der Waals surface area contributed by atoms with Crippen molar-refractivity contribution in [1.82, 2.24) is 5.32 Å². The first-order valence-electron chi connectivity index (χ1n) is 6.61. The van der Waals surface area contributed by atoms with Gasteiger partial charge in [0.25, 0.3) is 0 Å². The van der Waals surface area contributed by atoms with Gasteiger partial charge in [0, 0.05) is 12.5 Å². The summed E-state index contributed by atoms with van der Waals surface area (Å²) < 4.78 is 0. The standard InChI is InChI=1S/C13H26N2O/c1-10-3-6-12(7-4-10)15-13(16)8-5-11(2)9-14/h10-12H,3-9,14H2,1-2H3,(H,15,16). The molecule has 0 spiro atoms. The van der Waals surface area contributed by atoms with Crippen LogP contribution in [0.2, 0.25) is 0 Å². The molecule has 1 aliphatic rings. The molecule has 94 valence electrons. The van der Waals surface area contributed by atoms with E-state index in [2.05, 4.69) is 19.2 Å². The quantitative estimate of drug-likeness (QED) is 0.754. The van der Waals surface area contributed by atoms with Crippen LogP contribution in [0.25, 0.3) is 0 Å². The van der Waals surface area contributed by atoms with E-state index < -0.39 is 0 Å². The molecule has 0 heterocycles. The summed E-state index contributed by atoms with van der Waals surface area (Å²) in [7, 11) is 0. The van der Waals surface area contributed by atoms with Crippen LogP contribution in [0.3, 0.4) is 0 Å². The number of nitrogens with one attached hydrogen (secondary N) is 1. The highest BCUT2D eigenvalue weighted by Gasteiger charge is 2.19. The second-order valence-electron chi connectivity index (χ2n) is 5.40. The maximum absolute atomic E-state index is 11.7. The van der Waals surface area contributed by atoms with Crippen molar-refractivity contribution >= 4 is 5.91 Å². The van der Waals surface area contributed by atoms with E-state index in [4.69, 9.17) is 5.73 Å². The van der Waals surface area contributed by atoms with Crippen LogP contribution in [0, 0.1) is 11.8 Å². The molecule has 0 aliphatic heterocycles. The SMILES string of the molecule is CC(CN)CCC(=O)NC1CCC(C)CC1. The zero-order valence-corrected chi connectivity index (χ0v) is 10.7. The Balaban J connectivity index is 2.14. The lowest BCUT2D eigenvalue weighted by Gasteiger charge is -2.27.